The lowest BCUT2D eigenvalue weighted by atomic mass is 9.92. The Hall–Kier alpha value is -2.05. The highest BCUT2D eigenvalue weighted by molar-refractivity contribution is 6.30. The van der Waals surface area contributed by atoms with Crippen molar-refractivity contribution in [1.29, 1.82) is 0 Å². The van der Waals surface area contributed by atoms with E-state index in [1.54, 1.807) is 0 Å². The molecule has 1 fully saturated rings. The molecule has 8 heteroatoms. The summed E-state index contributed by atoms with van der Waals surface area (Å²) in [6.45, 7) is 2.60. The summed E-state index contributed by atoms with van der Waals surface area (Å²) in [4.78, 5) is 9.56. The molecular formula is C24H29Cl3N4O. The Labute approximate surface area is 206 Å². The summed E-state index contributed by atoms with van der Waals surface area (Å²) in [5, 5.41) is 5.34. The largest absolute Gasteiger partial charge is 0.494 e. The summed E-state index contributed by atoms with van der Waals surface area (Å²) in [6.07, 6.45) is 8.10. The van der Waals surface area contributed by atoms with E-state index in [1.165, 1.54) is 0 Å². The van der Waals surface area contributed by atoms with Gasteiger partial charge in [0.15, 0.2) is 5.82 Å². The van der Waals surface area contributed by atoms with Crippen LogP contribution in [-0.4, -0.2) is 28.7 Å². The molecule has 1 aliphatic rings. The van der Waals surface area contributed by atoms with Gasteiger partial charge in [0.05, 0.1) is 12.1 Å². The first kappa shape index (κ1) is 26.2. The molecule has 4 rings (SSSR count). The molecule has 0 amide bonds. The highest BCUT2D eigenvalue weighted by atomic mass is 35.5. The third-order valence-electron chi connectivity index (χ3n) is 5.40. The minimum absolute atomic E-state index is 0. The minimum Gasteiger partial charge on any atom is -0.494 e. The van der Waals surface area contributed by atoms with Crippen LogP contribution in [0.5, 0.6) is 5.75 Å². The molecule has 1 saturated carbocycles. The fourth-order valence-corrected chi connectivity index (χ4v) is 3.89. The van der Waals surface area contributed by atoms with Gasteiger partial charge in [0, 0.05) is 22.5 Å². The van der Waals surface area contributed by atoms with E-state index in [9.17, 15) is 0 Å². The summed E-state index contributed by atoms with van der Waals surface area (Å²) in [5.41, 5.74) is 8.01. The van der Waals surface area contributed by atoms with Crippen LogP contribution in [0.2, 0.25) is 5.02 Å². The second kappa shape index (κ2) is 12.3. The lowest BCUT2D eigenvalue weighted by Gasteiger charge is -2.27. The van der Waals surface area contributed by atoms with Crippen LogP contribution in [0.4, 0.5) is 5.82 Å². The van der Waals surface area contributed by atoms with Crippen molar-refractivity contribution in [3.8, 4) is 5.75 Å². The fraction of sp³-hybridized carbons (Fsp3) is 0.333. The zero-order valence-electron chi connectivity index (χ0n) is 18.0. The quantitative estimate of drug-likeness (QED) is 0.415. The fourth-order valence-electron chi connectivity index (χ4n) is 3.77. The number of aromatic nitrogens is 2. The summed E-state index contributed by atoms with van der Waals surface area (Å²) >= 11 is 5.98. The predicted molar refractivity (Wildman–Crippen MR) is 139 cm³/mol. The molecule has 3 aromatic rings. The molecule has 1 aromatic heterocycles. The van der Waals surface area contributed by atoms with Gasteiger partial charge in [0.2, 0.25) is 0 Å². The number of rotatable bonds is 6. The number of anilines is 1. The van der Waals surface area contributed by atoms with Crippen LogP contribution >= 0.6 is 36.4 Å². The van der Waals surface area contributed by atoms with Crippen molar-refractivity contribution in [1.82, 2.24) is 9.97 Å². The molecule has 0 atom stereocenters. The van der Waals surface area contributed by atoms with Crippen molar-refractivity contribution in [3.05, 3.63) is 58.9 Å². The number of fused-ring (bicyclic) bond motifs is 1. The van der Waals surface area contributed by atoms with Gasteiger partial charge in [-0.1, -0.05) is 29.8 Å². The predicted octanol–water partition coefficient (Wildman–Crippen LogP) is 6.38. The second-order valence-electron chi connectivity index (χ2n) is 7.68. The lowest BCUT2D eigenvalue weighted by molar-refractivity contribution is 0.340. The number of ether oxygens (including phenoxy) is 1. The zero-order valence-corrected chi connectivity index (χ0v) is 20.3. The van der Waals surface area contributed by atoms with Gasteiger partial charge < -0.3 is 15.8 Å². The van der Waals surface area contributed by atoms with Gasteiger partial charge in [0.25, 0.3) is 0 Å². The van der Waals surface area contributed by atoms with Gasteiger partial charge in [-0.15, -0.1) is 24.8 Å². The summed E-state index contributed by atoms with van der Waals surface area (Å²) in [5.74, 6) is 2.33. The maximum atomic E-state index is 6.07. The molecule has 5 nitrogen and oxygen atoms in total. The van der Waals surface area contributed by atoms with E-state index in [0.29, 0.717) is 24.5 Å². The molecule has 2 aromatic carbocycles. The van der Waals surface area contributed by atoms with Crippen molar-refractivity contribution in [2.45, 2.75) is 44.7 Å². The Morgan fingerprint density at radius 3 is 2.44 bits per heavy atom. The van der Waals surface area contributed by atoms with Gasteiger partial charge in [-0.2, -0.15) is 0 Å². The highest BCUT2D eigenvalue weighted by Gasteiger charge is 2.20. The van der Waals surface area contributed by atoms with Crippen LogP contribution < -0.4 is 15.8 Å². The third-order valence-corrected chi connectivity index (χ3v) is 5.66. The minimum atomic E-state index is 0. The van der Waals surface area contributed by atoms with Crippen molar-refractivity contribution >= 4 is 65.3 Å². The van der Waals surface area contributed by atoms with E-state index in [0.717, 1.165) is 58.7 Å². The molecule has 1 aliphatic carbocycles. The van der Waals surface area contributed by atoms with Gasteiger partial charge >= 0.3 is 0 Å². The van der Waals surface area contributed by atoms with Crippen LogP contribution in [-0.2, 0) is 0 Å². The van der Waals surface area contributed by atoms with Crippen molar-refractivity contribution in [2.24, 2.45) is 5.73 Å². The second-order valence-corrected chi connectivity index (χ2v) is 8.12. The Morgan fingerprint density at radius 1 is 1.03 bits per heavy atom. The molecule has 0 radical (unpaired) electrons. The van der Waals surface area contributed by atoms with Crippen molar-refractivity contribution < 1.29 is 4.74 Å². The van der Waals surface area contributed by atoms with Crippen LogP contribution in [0.1, 0.15) is 44.0 Å². The highest BCUT2D eigenvalue weighted by Crippen LogP contribution is 2.29. The number of nitrogens with one attached hydrogen (secondary N) is 1. The number of benzene rings is 2. The summed E-state index contributed by atoms with van der Waals surface area (Å²) < 4.78 is 5.69. The number of nitrogens with zero attached hydrogens (tertiary/aromatic N) is 2. The number of halogens is 3. The van der Waals surface area contributed by atoms with Gasteiger partial charge in [0.1, 0.15) is 11.6 Å². The Bertz CT molecular complexity index is 1040. The van der Waals surface area contributed by atoms with Crippen LogP contribution in [0.25, 0.3) is 23.1 Å². The first-order valence-electron chi connectivity index (χ1n) is 10.5. The Kier molecular flexibility index (Phi) is 10.0. The van der Waals surface area contributed by atoms with Gasteiger partial charge in [-0.05, 0) is 74.6 Å². The van der Waals surface area contributed by atoms with Crippen molar-refractivity contribution in [3.63, 3.8) is 0 Å². The van der Waals surface area contributed by atoms with Crippen LogP contribution in [0, 0.1) is 0 Å². The Morgan fingerprint density at radius 2 is 1.75 bits per heavy atom. The topological polar surface area (TPSA) is 73.1 Å². The molecule has 0 unspecified atom stereocenters. The standard InChI is InChI=1S/C24H27ClN4O.2ClH/c1-2-30-20-12-13-22-21(15-20)24(27-19-10-8-18(26)9-11-19)29-23(28-22)14-5-16-3-6-17(25)7-4-16;;/h3-7,12-15,18-19H,2,8-11,26H2,1H3,(H,27,28,29);2*1H/b14-5-;;. The first-order valence-corrected chi connectivity index (χ1v) is 10.9. The SMILES string of the molecule is CCOc1ccc2nc(/C=C\c3ccc(Cl)cc3)nc(NC3CCC(N)CC3)c2c1.Cl.Cl. The molecular weight excluding hydrogens is 467 g/mol. The Balaban J connectivity index is 0.00000181. The van der Waals surface area contributed by atoms with Crippen molar-refractivity contribution in [2.75, 3.05) is 11.9 Å². The van der Waals surface area contributed by atoms with E-state index in [2.05, 4.69) is 5.32 Å². The smallest absolute Gasteiger partial charge is 0.154 e. The average Bonchev–Trinajstić information content (AvgIpc) is 2.75. The average molecular weight is 496 g/mol. The molecule has 3 N–H and O–H groups in total. The van der Waals surface area contributed by atoms with E-state index in [4.69, 9.17) is 32.0 Å². The molecule has 0 bridgehead atoms. The number of hydrogen-bond donors (Lipinski definition) is 2. The van der Waals surface area contributed by atoms with E-state index in [-0.39, 0.29) is 24.8 Å². The maximum absolute atomic E-state index is 6.07. The number of nitrogens with two attached hydrogens (primary N) is 1. The van der Waals surface area contributed by atoms with E-state index < -0.39 is 0 Å². The lowest BCUT2D eigenvalue weighted by Crippen LogP contribution is -2.33. The molecule has 0 spiro atoms. The molecule has 0 aliphatic heterocycles. The van der Waals surface area contributed by atoms with E-state index >= 15 is 0 Å². The third kappa shape index (κ3) is 6.72. The molecule has 1 heterocycles. The van der Waals surface area contributed by atoms with E-state index in [1.807, 2.05) is 61.5 Å². The zero-order chi connectivity index (χ0) is 20.9. The van der Waals surface area contributed by atoms with Crippen LogP contribution in [0.15, 0.2) is 42.5 Å². The normalized spacial score (nSPS) is 18.1. The van der Waals surface area contributed by atoms with Gasteiger partial charge in [-0.25, -0.2) is 9.97 Å². The first-order chi connectivity index (χ1) is 14.6. The van der Waals surface area contributed by atoms with Gasteiger partial charge in [-0.3, -0.25) is 0 Å². The molecule has 32 heavy (non-hydrogen) atoms. The molecule has 0 saturated heterocycles. The summed E-state index contributed by atoms with van der Waals surface area (Å²) in [6, 6.07) is 14.3. The number of hydrogen-bond acceptors (Lipinski definition) is 5. The maximum Gasteiger partial charge on any atom is 0.154 e. The summed E-state index contributed by atoms with van der Waals surface area (Å²) in [7, 11) is 0. The van der Waals surface area contributed by atoms with Crippen LogP contribution in [0.3, 0.4) is 0 Å². The monoisotopic (exact) mass is 494 g/mol. The molecule has 172 valence electrons.